The number of para-hydroxylation sites is 2. The zero-order chi connectivity index (χ0) is 35.8. The van der Waals surface area contributed by atoms with E-state index in [1.54, 1.807) is 0 Å². The lowest BCUT2D eigenvalue weighted by Crippen LogP contribution is -2.14. The van der Waals surface area contributed by atoms with Crippen LogP contribution < -0.4 is 9.80 Å². The van der Waals surface area contributed by atoms with Gasteiger partial charge in [0.1, 0.15) is 5.52 Å². The molecular formula is C49H33N3OS. The van der Waals surface area contributed by atoms with Gasteiger partial charge in [-0.2, -0.15) is 0 Å². The molecular weight excluding hydrogens is 679 g/mol. The molecule has 54 heavy (non-hydrogen) atoms. The van der Waals surface area contributed by atoms with Crippen LogP contribution in [-0.2, 0) is 0 Å². The van der Waals surface area contributed by atoms with Crippen LogP contribution in [0, 0.1) is 0 Å². The highest BCUT2D eigenvalue weighted by Crippen LogP contribution is 2.49. The molecule has 2 heterocycles. The monoisotopic (exact) mass is 711 g/mol. The summed E-state index contributed by atoms with van der Waals surface area (Å²) < 4.78 is 9.20. The zero-order valence-electron chi connectivity index (χ0n) is 29.2. The second-order valence-electron chi connectivity index (χ2n) is 13.2. The van der Waals surface area contributed by atoms with Gasteiger partial charge in [0.2, 0.25) is 5.89 Å². The molecule has 0 saturated carbocycles. The van der Waals surface area contributed by atoms with E-state index in [9.17, 15) is 0 Å². The molecule has 0 radical (unpaired) electrons. The minimum atomic E-state index is 0.579. The molecule has 10 aromatic rings. The quantitative estimate of drug-likeness (QED) is 0.157. The summed E-state index contributed by atoms with van der Waals surface area (Å²) >= 11 is 1.82. The van der Waals surface area contributed by atoms with Crippen LogP contribution in [0.15, 0.2) is 205 Å². The topological polar surface area (TPSA) is 32.5 Å². The first-order valence-corrected chi connectivity index (χ1v) is 18.9. The minimum Gasteiger partial charge on any atom is -0.436 e. The average Bonchev–Trinajstić information content (AvgIpc) is 3.86. The minimum absolute atomic E-state index is 0.579. The molecule has 4 nitrogen and oxygen atoms in total. The van der Waals surface area contributed by atoms with Gasteiger partial charge in [0.25, 0.3) is 0 Å². The Morgan fingerprint density at radius 2 is 0.963 bits per heavy atom. The molecule has 256 valence electrons. The lowest BCUT2D eigenvalue weighted by molar-refractivity contribution is 0.620. The largest absolute Gasteiger partial charge is 0.436 e. The molecule has 0 spiro atoms. The first-order valence-electron chi connectivity index (χ1n) is 18.0. The molecule has 5 heteroatoms. The van der Waals surface area contributed by atoms with Crippen molar-refractivity contribution in [1.82, 2.24) is 4.98 Å². The standard InChI is InChI=1S/C49H33N3OS/c1-5-16-34(17-6-1)35-28-30-39(31-29-35)51(37-20-9-3-10-21-37)40-32-44(47-45(33-40)53-49(50-47)36-18-7-2-8-19-36)52(38-22-11-4-12-23-38)43-26-15-25-42-41-24-13-14-27-46(41)54-48(42)43/h1-33H. The summed E-state index contributed by atoms with van der Waals surface area (Å²) in [6.07, 6.45) is 0. The number of nitrogens with zero attached hydrogens (tertiary/aromatic N) is 3. The third-order valence-corrected chi connectivity index (χ3v) is 11.1. The van der Waals surface area contributed by atoms with Crippen molar-refractivity contribution in [2.45, 2.75) is 0 Å². The summed E-state index contributed by atoms with van der Waals surface area (Å²) in [6, 6.07) is 70.2. The fourth-order valence-corrected chi connectivity index (χ4v) is 8.56. The van der Waals surface area contributed by atoms with E-state index in [1.165, 1.54) is 25.7 Å². The Morgan fingerprint density at radius 1 is 0.407 bits per heavy atom. The van der Waals surface area contributed by atoms with Crippen molar-refractivity contribution in [1.29, 1.82) is 0 Å². The predicted octanol–water partition coefficient (Wildman–Crippen LogP) is 14.5. The van der Waals surface area contributed by atoms with Crippen molar-refractivity contribution in [3.8, 4) is 22.6 Å². The lowest BCUT2D eigenvalue weighted by Gasteiger charge is -2.29. The van der Waals surface area contributed by atoms with E-state index in [1.807, 2.05) is 41.7 Å². The maximum atomic E-state index is 6.73. The van der Waals surface area contributed by atoms with E-state index in [2.05, 4.69) is 180 Å². The van der Waals surface area contributed by atoms with E-state index in [0.717, 1.165) is 50.8 Å². The Balaban J connectivity index is 1.24. The summed E-state index contributed by atoms with van der Waals surface area (Å²) in [4.78, 5) is 9.89. The number of benzene rings is 8. The van der Waals surface area contributed by atoms with Crippen molar-refractivity contribution in [3.05, 3.63) is 200 Å². The van der Waals surface area contributed by atoms with Gasteiger partial charge in [0.15, 0.2) is 5.58 Å². The molecule has 0 N–H and O–H groups in total. The van der Waals surface area contributed by atoms with Crippen LogP contribution in [0.25, 0.3) is 53.9 Å². The number of anilines is 6. The first-order chi connectivity index (χ1) is 26.8. The van der Waals surface area contributed by atoms with Crippen LogP contribution in [0.4, 0.5) is 34.1 Å². The van der Waals surface area contributed by atoms with E-state index >= 15 is 0 Å². The third-order valence-electron chi connectivity index (χ3n) is 9.87. The Bertz CT molecular complexity index is 2870. The van der Waals surface area contributed by atoms with Crippen molar-refractivity contribution >= 4 is 76.7 Å². The fourth-order valence-electron chi connectivity index (χ4n) is 7.35. The third kappa shape index (κ3) is 5.68. The SMILES string of the molecule is c1ccc(-c2ccc(N(c3ccccc3)c3cc(N(c4ccccc4)c4cccc5c4sc4ccccc45)c4nc(-c5ccccc5)oc4c3)cc2)cc1. The Labute approximate surface area is 317 Å². The second kappa shape index (κ2) is 13.6. The van der Waals surface area contributed by atoms with Gasteiger partial charge in [0.05, 0.1) is 21.8 Å². The highest BCUT2D eigenvalue weighted by Gasteiger charge is 2.25. The van der Waals surface area contributed by atoms with Crippen LogP contribution in [0.1, 0.15) is 0 Å². The number of thiophene rings is 1. The van der Waals surface area contributed by atoms with E-state index in [-0.39, 0.29) is 0 Å². The number of rotatable bonds is 8. The summed E-state index contributed by atoms with van der Waals surface area (Å²) in [5.41, 5.74) is 10.8. The number of hydrogen-bond donors (Lipinski definition) is 0. The predicted molar refractivity (Wildman–Crippen MR) is 227 cm³/mol. The molecule has 0 saturated heterocycles. The zero-order valence-corrected chi connectivity index (χ0v) is 30.0. The summed E-state index contributed by atoms with van der Waals surface area (Å²) in [5, 5.41) is 2.49. The molecule has 2 aromatic heterocycles. The van der Waals surface area contributed by atoms with Crippen molar-refractivity contribution in [2.75, 3.05) is 9.80 Å². The van der Waals surface area contributed by atoms with Crippen LogP contribution in [0.3, 0.4) is 0 Å². The maximum Gasteiger partial charge on any atom is 0.227 e. The molecule has 10 rings (SSSR count). The highest BCUT2D eigenvalue weighted by molar-refractivity contribution is 7.26. The fraction of sp³-hybridized carbons (Fsp3) is 0. The normalized spacial score (nSPS) is 11.3. The highest BCUT2D eigenvalue weighted by atomic mass is 32.1. The first kappa shape index (κ1) is 31.8. The molecule has 0 bridgehead atoms. The van der Waals surface area contributed by atoms with E-state index < -0.39 is 0 Å². The molecule has 0 amide bonds. The smallest absolute Gasteiger partial charge is 0.227 e. The van der Waals surface area contributed by atoms with Gasteiger partial charge >= 0.3 is 0 Å². The molecule has 0 fully saturated rings. The molecule has 0 unspecified atom stereocenters. The van der Waals surface area contributed by atoms with Gasteiger partial charge in [-0.15, -0.1) is 11.3 Å². The molecule has 8 aromatic carbocycles. The Hall–Kier alpha value is -6.95. The van der Waals surface area contributed by atoms with Crippen LogP contribution in [0.5, 0.6) is 0 Å². The van der Waals surface area contributed by atoms with Gasteiger partial charge in [-0.05, 0) is 77.9 Å². The summed E-state index contributed by atoms with van der Waals surface area (Å²) in [6.45, 7) is 0. The number of oxazole rings is 1. The maximum absolute atomic E-state index is 6.73. The van der Waals surface area contributed by atoms with Crippen molar-refractivity contribution < 1.29 is 4.42 Å². The number of aromatic nitrogens is 1. The van der Waals surface area contributed by atoms with Gasteiger partial charge in [-0.3, -0.25) is 0 Å². The van der Waals surface area contributed by atoms with Crippen LogP contribution in [-0.4, -0.2) is 4.98 Å². The molecule has 0 aliphatic carbocycles. The number of fused-ring (bicyclic) bond motifs is 4. The second-order valence-corrected chi connectivity index (χ2v) is 14.3. The summed E-state index contributed by atoms with van der Waals surface area (Å²) in [7, 11) is 0. The van der Waals surface area contributed by atoms with Gasteiger partial charge in [-0.1, -0.05) is 127 Å². The van der Waals surface area contributed by atoms with E-state index in [4.69, 9.17) is 9.40 Å². The Kier molecular flexibility index (Phi) is 7.97. The molecule has 0 atom stereocenters. The van der Waals surface area contributed by atoms with Crippen LogP contribution >= 0.6 is 11.3 Å². The Morgan fingerprint density at radius 3 is 1.67 bits per heavy atom. The average molecular weight is 712 g/mol. The molecule has 0 aliphatic heterocycles. The van der Waals surface area contributed by atoms with Gasteiger partial charge in [-0.25, -0.2) is 4.98 Å². The number of hydrogen-bond acceptors (Lipinski definition) is 5. The lowest BCUT2D eigenvalue weighted by atomic mass is 10.0. The molecule has 0 aliphatic rings. The van der Waals surface area contributed by atoms with Gasteiger partial charge < -0.3 is 14.2 Å². The van der Waals surface area contributed by atoms with Crippen molar-refractivity contribution in [2.24, 2.45) is 0 Å². The van der Waals surface area contributed by atoms with E-state index in [0.29, 0.717) is 11.5 Å². The van der Waals surface area contributed by atoms with Crippen molar-refractivity contribution in [3.63, 3.8) is 0 Å². The summed E-state index contributed by atoms with van der Waals surface area (Å²) in [5.74, 6) is 0.579. The van der Waals surface area contributed by atoms with Gasteiger partial charge in [0, 0.05) is 44.2 Å². The van der Waals surface area contributed by atoms with Crippen LogP contribution in [0.2, 0.25) is 0 Å².